The van der Waals surface area contributed by atoms with Gasteiger partial charge in [-0.25, -0.2) is 9.07 Å². The van der Waals surface area contributed by atoms with Crippen molar-refractivity contribution in [1.29, 1.82) is 0 Å². The molecule has 0 spiro atoms. The van der Waals surface area contributed by atoms with E-state index in [0.717, 1.165) is 0 Å². The lowest BCUT2D eigenvalue weighted by atomic mass is 10.2. The van der Waals surface area contributed by atoms with E-state index >= 15 is 0 Å². The molecule has 0 aliphatic heterocycles. The molecule has 0 radical (unpaired) electrons. The molecule has 2 aromatic carbocycles. The SMILES string of the molecule is Cc1nnnn1-c1cc(NC(=O)c2ccn(-c3cccc([N+](=O)[O-])c3)n2)ccc1F. The fraction of sp³-hybridized carbons (Fsp3) is 0.0556. The number of nitrogens with zero attached hydrogens (tertiary/aromatic N) is 7. The van der Waals surface area contributed by atoms with Gasteiger partial charge < -0.3 is 5.32 Å². The molecule has 11 nitrogen and oxygen atoms in total. The lowest BCUT2D eigenvalue weighted by Gasteiger charge is -2.08. The van der Waals surface area contributed by atoms with Gasteiger partial charge in [-0.1, -0.05) is 6.07 Å². The highest BCUT2D eigenvalue weighted by Gasteiger charge is 2.15. The first kappa shape index (κ1) is 18.9. The Hall–Kier alpha value is -4.48. The molecular formula is C18H13FN8O3. The molecule has 4 rings (SSSR count). The first-order valence-electron chi connectivity index (χ1n) is 8.59. The van der Waals surface area contributed by atoms with Crippen LogP contribution in [0.2, 0.25) is 0 Å². The molecule has 4 aromatic rings. The Kier molecular flexibility index (Phi) is 4.72. The monoisotopic (exact) mass is 408 g/mol. The lowest BCUT2D eigenvalue weighted by molar-refractivity contribution is -0.384. The summed E-state index contributed by atoms with van der Waals surface area (Å²) in [5, 5.41) is 28.6. The average Bonchev–Trinajstić information content (AvgIpc) is 3.39. The Morgan fingerprint density at radius 3 is 2.77 bits per heavy atom. The van der Waals surface area contributed by atoms with Crippen molar-refractivity contribution in [3.05, 3.63) is 82.2 Å². The average molecular weight is 408 g/mol. The molecule has 2 heterocycles. The largest absolute Gasteiger partial charge is 0.321 e. The summed E-state index contributed by atoms with van der Waals surface area (Å²) in [4.78, 5) is 23.0. The van der Waals surface area contributed by atoms with Crippen LogP contribution >= 0.6 is 0 Å². The number of hydrogen-bond donors (Lipinski definition) is 1. The van der Waals surface area contributed by atoms with Crippen LogP contribution < -0.4 is 5.32 Å². The van der Waals surface area contributed by atoms with Gasteiger partial charge >= 0.3 is 0 Å². The summed E-state index contributed by atoms with van der Waals surface area (Å²) >= 11 is 0. The molecule has 0 unspecified atom stereocenters. The second-order valence-electron chi connectivity index (χ2n) is 6.18. The topological polar surface area (TPSA) is 134 Å². The molecule has 150 valence electrons. The zero-order valence-electron chi connectivity index (χ0n) is 15.4. The number of benzene rings is 2. The highest BCUT2D eigenvalue weighted by molar-refractivity contribution is 6.02. The first-order valence-corrected chi connectivity index (χ1v) is 8.59. The first-order chi connectivity index (χ1) is 14.4. The Balaban J connectivity index is 1.56. The molecule has 1 N–H and O–H groups in total. The minimum absolute atomic E-state index is 0.0750. The number of hydrogen-bond acceptors (Lipinski definition) is 7. The van der Waals surface area contributed by atoms with Crippen LogP contribution in [-0.4, -0.2) is 40.8 Å². The minimum atomic E-state index is -0.557. The molecule has 0 saturated heterocycles. The summed E-state index contributed by atoms with van der Waals surface area (Å²) < 4.78 is 16.7. The van der Waals surface area contributed by atoms with Crippen LogP contribution in [0.15, 0.2) is 54.7 Å². The molecule has 30 heavy (non-hydrogen) atoms. The number of nitro benzene ring substituents is 1. The maximum absolute atomic E-state index is 14.2. The Bertz CT molecular complexity index is 1270. The number of tetrazole rings is 1. The van der Waals surface area contributed by atoms with E-state index in [0.29, 0.717) is 17.2 Å². The van der Waals surface area contributed by atoms with E-state index in [2.05, 4.69) is 25.9 Å². The van der Waals surface area contributed by atoms with Crippen molar-refractivity contribution in [2.45, 2.75) is 6.92 Å². The van der Waals surface area contributed by atoms with Crippen LogP contribution in [0, 0.1) is 22.9 Å². The van der Waals surface area contributed by atoms with Gasteiger partial charge in [-0.3, -0.25) is 14.9 Å². The lowest BCUT2D eigenvalue weighted by Crippen LogP contribution is -2.14. The van der Waals surface area contributed by atoms with Gasteiger partial charge in [0.1, 0.15) is 11.5 Å². The van der Waals surface area contributed by atoms with Crippen LogP contribution in [0.5, 0.6) is 0 Å². The van der Waals surface area contributed by atoms with Gasteiger partial charge in [0.15, 0.2) is 11.5 Å². The second-order valence-corrected chi connectivity index (χ2v) is 6.18. The van der Waals surface area contributed by atoms with Gasteiger partial charge in [-0.05, 0) is 47.7 Å². The summed E-state index contributed by atoms with van der Waals surface area (Å²) in [5.41, 5.74) is 0.812. The van der Waals surface area contributed by atoms with Crippen molar-refractivity contribution in [1.82, 2.24) is 30.0 Å². The number of carbonyl (C=O) groups is 1. The van der Waals surface area contributed by atoms with Gasteiger partial charge in [-0.2, -0.15) is 9.78 Å². The maximum atomic E-state index is 14.2. The molecule has 0 atom stereocenters. The molecular weight excluding hydrogens is 395 g/mol. The maximum Gasteiger partial charge on any atom is 0.276 e. The molecule has 0 bridgehead atoms. The van der Waals surface area contributed by atoms with E-state index in [4.69, 9.17) is 0 Å². The van der Waals surface area contributed by atoms with Crippen molar-refractivity contribution >= 4 is 17.3 Å². The van der Waals surface area contributed by atoms with Crippen LogP contribution in [0.4, 0.5) is 15.8 Å². The number of nitrogens with one attached hydrogen (secondary N) is 1. The van der Waals surface area contributed by atoms with Gasteiger partial charge in [-0.15, -0.1) is 5.10 Å². The van der Waals surface area contributed by atoms with E-state index in [1.807, 2.05) is 0 Å². The Morgan fingerprint density at radius 2 is 2.03 bits per heavy atom. The number of nitro groups is 1. The molecule has 0 aliphatic rings. The van der Waals surface area contributed by atoms with E-state index in [1.165, 1.54) is 58.0 Å². The summed E-state index contributed by atoms with van der Waals surface area (Å²) in [5.74, 6) is -0.711. The number of carbonyl (C=O) groups excluding carboxylic acids is 1. The van der Waals surface area contributed by atoms with Gasteiger partial charge in [0.25, 0.3) is 11.6 Å². The zero-order chi connectivity index (χ0) is 21.3. The third-order valence-electron chi connectivity index (χ3n) is 4.18. The number of anilines is 1. The summed E-state index contributed by atoms with van der Waals surface area (Å²) in [6.45, 7) is 1.62. The number of halogens is 1. The molecule has 12 heteroatoms. The highest BCUT2D eigenvalue weighted by Crippen LogP contribution is 2.20. The third-order valence-corrected chi connectivity index (χ3v) is 4.18. The Morgan fingerprint density at radius 1 is 1.20 bits per heavy atom. The van der Waals surface area contributed by atoms with Crippen LogP contribution in [0.3, 0.4) is 0 Å². The van der Waals surface area contributed by atoms with Crippen LogP contribution in [-0.2, 0) is 0 Å². The van der Waals surface area contributed by atoms with Crippen molar-refractivity contribution in [3.8, 4) is 11.4 Å². The zero-order valence-corrected chi connectivity index (χ0v) is 15.4. The number of aromatic nitrogens is 6. The van der Waals surface area contributed by atoms with E-state index in [1.54, 1.807) is 13.0 Å². The molecule has 0 aliphatic carbocycles. The quantitative estimate of drug-likeness (QED) is 0.396. The van der Waals surface area contributed by atoms with E-state index < -0.39 is 16.6 Å². The number of amides is 1. The van der Waals surface area contributed by atoms with Gasteiger partial charge in [0.05, 0.1) is 10.6 Å². The van der Waals surface area contributed by atoms with Crippen LogP contribution in [0.25, 0.3) is 11.4 Å². The standard InChI is InChI=1S/C18H13FN8O3/c1-11-21-23-24-26(11)17-9-12(5-6-15(17)19)20-18(28)16-7-8-25(22-16)13-3-2-4-14(10-13)27(29)30/h2-10H,1H3,(H,20,28). The molecule has 2 aromatic heterocycles. The van der Waals surface area contributed by atoms with Crippen molar-refractivity contribution in [3.63, 3.8) is 0 Å². The van der Waals surface area contributed by atoms with E-state index in [-0.39, 0.29) is 17.1 Å². The molecule has 0 fully saturated rings. The smallest absolute Gasteiger partial charge is 0.276 e. The second kappa shape index (κ2) is 7.50. The van der Waals surface area contributed by atoms with Gasteiger partial charge in [0.2, 0.25) is 0 Å². The summed E-state index contributed by atoms with van der Waals surface area (Å²) in [6, 6.07) is 11.3. The van der Waals surface area contributed by atoms with Crippen molar-refractivity contribution in [2.24, 2.45) is 0 Å². The van der Waals surface area contributed by atoms with Crippen molar-refractivity contribution < 1.29 is 14.1 Å². The predicted molar refractivity (Wildman–Crippen MR) is 102 cm³/mol. The minimum Gasteiger partial charge on any atom is -0.321 e. The van der Waals surface area contributed by atoms with Crippen LogP contribution in [0.1, 0.15) is 16.3 Å². The fourth-order valence-electron chi connectivity index (χ4n) is 2.74. The normalized spacial score (nSPS) is 10.7. The van der Waals surface area contributed by atoms with E-state index in [9.17, 15) is 19.3 Å². The Labute approximate surface area is 167 Å². The molecule has 1 amide bonds. The third kappa shape index (κ3) is 3.61. The summed E-state index contributed by atoms with van der Waals surface area (Å²) in [7, 11) is 0. The molecule has 0 saturated carbocycles. The number of non-ortho nitro benzene ring substituents is 1. The van der Waals surface area contributed by atoms with Crippen molar-refractivity contribution in [2.75, 3.05) is 5.32 Å². The summed E-state index contributed by atoms with van der Waals surface area (Å²) in [6.07, 6.45) is 1.51. The highest BCUT2D eigenvalue weighted by atomic mass is 19.1. The number of rotatable bonds is 5. The number of aryl methyl sites for hydroxylation is 1. The fourth-order valence-corrected chi connectivity index (χ4v) is 2.74. The van der Waals surface area contributed by atoms with Gasteiger partial charge in [0, 0.05) is 24.0 Å². The predicted octanol–water partition coefficient (Wildman–Crippen LogP) is 2.46.